The summed E-state index contributed by atoms with van der Waals surface area (Å²) in [5.41, 5.74) is 0. The molecule has 0 saturated carbocycles. The molecule has 1 aromatic heterocycles. The lowest BCUT2D eigenvalue weighted by Crippen LogP contribution is -2.42. The predicted octanol–water partition coefficient (Wildman–Crippen LogP) is 0.302. The number of amides is 1. The van der Waals surface area contributed by atoms with Crippen molar-refractivity contribution in [3.63, 3.8) is 0 Å². The molecule has 2 N–H and O–H groups in total. The number of imidazole rings is 1. The number of hydrogen-bond donors (Lipinski definition) is 2. The van der Waals surface area contributed by atoms with Gasteiger partial charge in [0.2, 0.25) is 5.91 Å². The van der Waals surface area contributed by atoms with Crippen LogP contribution in [0.5, 0.6) is 0 Å². The van der Waals surface area contributed by atoms with Crippen LogP contribution in [0.25, 0.3) is 0 Å². The van der Waals surface area contributed by atoms with Crippen molar-refractivity contribution in [2.75, 3.05) is 26.2 Å². The van der Waals surface area contributed by atoms with Crippen LogP contribution in [0.3, 0.4) is 0 Å². The molecular weight excluding hydrogens is 256 g/mol. The molecule has 1 aliphatic rings. The van der Waals surface area contributed by atoms with E-state index in [1.54, 1.807) is 6.20 Å². The minimum atomic E-state index is -0.512. The van der Waals surface area contributed by atoms with Crippen molar-refractivity contribution in [2.45, 2.75) is 25.9 Å². The van der Waals surface area contributed by atoms with E-state index in [-0.39, 0.29) is 11.8 Å². The van der Waals surface area contributed by atoms with Crippen LogP contribution in [0.15, 0.2) is 12.4 Å². The fourth-order valence-electron chi connectivity index (χ4n) is 2.76. The molecule has 0 radical (unpaired) electrons. The van der Waals surface area contributed by atoms with Gasteiger partial charge in [-0.05, 0) is 38.8 Å². The van der Waals surface area contributed by atoms with E-state index in [1.807, 2.05) is 24.7 Å². The average molecular weight is 280 g/mol. The van der Waals surface area contributed by atoms with Crippen LogP contribution in [0.4, 0.5) is 0 Å². The van der Waals surface area contributed by atoms with Crippen LogP contribution in [0.1, 0.15) is 31.7 Å². The number of aromatic nitrogens is 2. The van der Waals surface area contributed by atoms with E-state index in [9.17, 15) is 9.90 Å². The van der Waals surface area contributed by atoms with Crippen molar-refractivity contribution in [3.8, 4) is 0 Å². The fourth-order valence-corrected chi connectivity index (χ4v) is 2.76. The van der Waals surface area contributed by atoms with Gasteiger partial charge in [0.1, 0.15) is 11.9 Å². The minimum Gasteiger partial charge on any atom is -0.385 e. The summed E-state index contributed by atoms with van der Waals surface area (Å²) in [5, 5.41) is 13.2. The Morgan fingerprint density at radius 3 is 2.80 bits per heavy atom. The highest BCUT2D eigenvalue weighted by atomic mass is 16.3. The fraction of sp³-hybridized carbons (Fsp3) is 0.714. The summed E-state index contributed by atoms with van der Waals surface area (Å²) in [4.78, 5) is 17.9. The number of aliphatic hydroxyl groups is 1. The molecule has 2 heterocycles. The number of rotatable bonds is 5. The van der Waals surface area contributed by atoms with Gasteiger partial charge in [-0.2, -0.15) is 0 Å². The van der Waals surface area contributed by atoms with Gasteiger partial charge < -0.3 is 15.0 Å². The zero-order chi connectivity index (χ0) is 14.5. The molecule has 112 valence electrons. The Morgan fingerprint density at radius 1 is 1.55 bits per heavy atom. The zero-order valence-corrected chi connectivity index (χ0v) is 12.2. The van der Waals surface area contributed by atoms with Crippen LogP contribution in [0.2, 0.25) is 0 Å². The number of aliphatic hydroxyl groups excluding tert-OH is 1. The Kier molecular flexibility index (Phi) is 5.14. The predicted molar refractivity (Wildman–Crippen MR) is 76.0 cm³/mol. The molecule has 0 bridgehead atoms. The van der Waals surface area contributed by atoms with E-state index >= 15 is 0 Å². The van der Waals surface area contributed by atoms with Gasteiger partial charge in [-0.1, -0.05) is 0 Å². The average Bonchev–Trinajstić information content (AvgIpc) is 2.85. The maximum Gasteiger partial charge on any atom is 0.234 e. The summed E-state index contributed by atoms with van der Waals surface area (Å²) in [7, 11) is 1.90. The van der Waals surface area contributed by atoms with Crippen LogP contribution in [-0.4, -0.2) is 51.6 Å². The second-order valence-corrected chi connectivity index (χ2v) is 5.41. The normalized spacial score (nSPS) is 18.9. The third-order valence-electron chi connectivity index (χ3n) is 3.94. The first-order chi connectivity index (χ1) is 9.61. The molecule has 6 heteroatoms. The van der Waals surface area contributed by atoms with Crippen molar-refractivity contribution in [2.24, 2.45) is 13.0 Å². The molecule has 0 aliphatic carbocycles. The maximum atomic E-state index is 11.5. The number of nitrogens with one attached hydrogen (secondary N) is 1. The third-order valence-corrected chi connectivity index (χ3v) is 3.94. The van der Waals surface area contributed by atoms with Gasteiger partial charge >= 0.3 is 0 Å². The second kappa shape index (κ2) is 6.85. The van der Waals surface area contributed by atoms with Crippen molar-refractivity contribution < 1.29 is 9.90 Å². The molecule has 1 aliphatic heterocycles. The van der Waals surface area contributed by atoms with E-state index in [0.29, 0.717) is 13.1 Å². The molecule has 0 aromatic carbocycles. The summed E-state index contributed by atoms with van der Waals surface area (Å²) in [6.07, 6.45) is 4.84. The van der Waals surface area contributed by atoms with E-state index in [4.69, 9.17) is 0 Å². The Hall–Kier alpha value is -1.40. The highest BCUT2D eigenvalue weighted by molar-refractivity contribution is 5.77. The van der Waals surface area contributed by atoms with E-state index in [2.05, 4.69) is 15.2 Å². The standard InChI is InChI=1S/C14H24N4O2/c1-3-15-12(19)10-18-7-4-11(5-8-18)13(20)14-16-6-9-17(14)2/h6,9,11,13,20H,3-5,7-8,10H2,1-2H3,(H,15,19). The van der Waals surface area contributed by atoms with Gasteiger partial charge in [0.25, 0.3) is 0 Å². The third kappa shape index (κ3) is 3.58. The van der Waals surface area contributed by atoms with Crippen molar-refractivity contribution in [1.82, 2.24) is 19.8 Å². The summed E-state index contributed by atoms with van der Waals surface area (Å²) in [6, 6.07) is 0. The molecule has 1 atom stereocenters. The van der Waals surface area contributed by atoms with Crippen LogP contribution in [-0.2, 0) is 11.8 Å². The van der Waals surface area contributed by atoms with Crippen molar-refractivity contribution in [3.05, 3.63) is 18.2 Å². The minimum absolute atomic E-state index is 0.0793. The van der Waals surface area contributed by atoms with E-state index in [0.717, 1.165) is 31.8 Å². The van der Waals surface area contributed by atoms with Crippen LogP contribution < -0.4 is 5.32 Å². The van der Waals surface area contributed by atoms with Gasteiger partial charge in [0.15, 0.2) is 0 Å². The number of likely N-dealkylation sites (N-methyl/N-ethyl adjacent to an activating group) is 1. The summed E-state index contributed by atoms with van der Waals surface area (Å²) in [5.74, 6) is 1.03. The van der Waals surface area contributed by atoms with Gasteiger partial charge in [-0.15, -0.1) is 0 Å². The lowest BCUT2D eigenvalue weighted by Gasteiger charge is -2.33. The Balaban J connectivity index is 1.82. The van der Waals surface area contributed by atoms with Gasteiger partial charge in [0, 0.05) is 26.0 Å². The summed E-state index contributed by atoms with van der Waals surface area (Å²) in [6.45, 7) is 4.76. The number of piperidine rings is 1. The maximum absolute atomic E-state index is 11.5. The molecule has 1 unspecified atom stereocenters. The second-order valence-electron chi connectivity index (χ2n) is 5.41. The Morgan fingerprint density at radius 2 is 2.25 bits per heavy atom. The number of likely N-dealkylation sites (tertiary alicyclic amines) is 1. The molecule has 6 nitrogen and oxygen atoms in total. The summed E-state index contributed by atoms with van der Waals surface area (Å²) < 4.78 is 1.87. The van der Waals surface area contributed by atoms with Crippen molar-refractivity contribution >= 4 is 5.91 Å². The van der Waals surface area contributed by atoms with Gasteiger partial charge in [-0.3, -0.25) is 9.69 Å². The quantitative estimate of drug-likeness (QED) is 0.814. The molecule has 2 rings (SSSR count). The molecule has 1 saturated heterocycles. The van der Waals surface area contributed by atoms with Gasteiger partial charge in [0.05, 0.1) is 6.54 Å². The Labute approximate surface area is 119 Å². The van der Waals surface area contributed by atoms with Gasteiger partial charge in [-0.25, -0.2) is 4.98 Å². The first-order valence-corrected chi connectivity index (χ1v) is 7.26. The lowest BCUT2D eigenvalue weighted by atomic mass is 9.90. The first-order valence-electron chi connectivity index (χ1n) is 7.26. The smallest absolute Gasteiger partial charge is 0.234 e. The number of nitrogens with zero attached hydrogens (tertiary/aromatic N) is 3. The number of carbonyl (C=O) groups excluding carboxylic acids is 1. The number of hydrogen-bond acceptors (Lipinski definition) is 4. The molecular formula is C14H24N4O2. The van der Waals surface area contributed by atoms with Crippen LogP contribution in [0, 0.1) is 5.92 Å². The topological polar surface area (TPSA) is 70.4 Å². The molecule has 1 aromatic rings. The highest BCUT2D eigenvalue weighted by Gasteiger charge is 2.28. The first kappa shape index (κ1) is 15.0. The zero-order valence-electron chi connectivity index (χ0n) is 12.2. The van der Waals surface area contributed by atoms with Crippen LogP contribution >= 0.6 is 0 Å². The SMILES string of the molecule is CCNC(=O)CN1CCC(C(O)c2nccn2C)CC1. The molecule has 20 heavy (non-hydrogen) atoms. The number of aryl methyl sites for hydroxylation is 1. The molecule has 0 spiro atoms. The monoisotopic (exact) mass is 280 g/mol. The largest absolute Gasteiger partial charge is 0.385 e. The molecule has 1 amide bonds. The lowest BCUT2D eigenvalue weighted by molar-refractivity contribution is -0.122. The number of carbonyl (C=O) groups is 1. The highest BCUT2D eigenvalue weighted by Crippen LogP contribution is 2.29. The Bertz CT molecular complexity index is 438. The van der Waals surface area contributed by atoms with Crippen molar-refractivity contribution in [1.29, 1.82) is 0 Å². The van der Waals surface area contributed by atoms with E-state index < -0.39 is 6.10 Å². The molecule has 1 fully saturated rings. The summed E-state index contributed by atoms with van der Waals surface area (Å²) >= 11 is 0. The van der Waals surface area contributed by atoms with E-state index in [1.165, 1.54) is 0 Å².